The largest absolute Gasteiger partial charge is 0.369 e. The molecule has 0 saturated heterocycles. The van der Waals surface area contributed by atoms with Crippen LogP contribution in [0.25, 0.3) is 0 Å². The van der Waals surface area contributed by atoms with E-state index in [4.69, 9.17) is 11.5 Å². The molecule has 3 rings (SSSR count). The molecule has 24 heavy (non-hydrogen) atoms. The van der Waals surface area contributed by atoms with Gasteiger partial charge in [-0.25, -0.2) is 9.97 Å². The average molecular weight is 324 g/mol. The minimum Gasteiger partial charge on any atom is -0.369 e. The number of nitrogens with zero attached hydrogens (tertiary/aromatic N) is 2. The van der Waals surface area contributed by atoms with E-state index in [0.717, 1.165) is 11.1 Å². The Balaban J connectivity index is 1.75. The smallest absolute Gasteiger partial charge is 0.252 e. The summed E-state index contributed by atoms with van der Waals surface area (Å²) in [5.74, 6) is 0.208. The van der Waals surface area contributed by atoms with E-state index in [1.54, 1.807) is 0 Å². The number of hydrogen-bond acceptors (Lipinski definition) is 6. The highest BCUT2D eigenvalue weighted by Crippen LogP contribution is 2.11. The van der Waals surface area contributed by atoms with E-state index in [0.29, 0.717) is 24.2 Å². The lowest BCUT2D eigenvalue weighted by molar-refractivity contribution is 1.00. The molecular weight excluding hydrogens is 308 g/mol. The minimum atomic E-state index is -0.271. The number of anilines is 2. The molecule has 0 atom stereocenters. The van der Waals surface area contributed by atoms with Crippen LogP contribution in [0.2, 0.25) is 0 Å². The van der Waals surface area contributed by atoms with E-state index in [-0.39, 0.29) is 23.0 Å². The normalized spacial score (nSPS) is 10.7. The summed E-state index contributed by atoms with van der Waals surface area (Å²) in [4.78, 5) is 35.8. The van der Waals surface area contributed by atoms with Crippen LogP contribution in [0.1, 0.15) is 22.5 Å². The zero-order chi connectivity index (χ0) is 17.1. The standard InChI is InChI=1S/C16H16N6O2/c17-15-19-11(7-13(23)21-15)5-9-1-2-10(4-3-9)6-12-8-14(24)22-16(18)20-12/h1-4,7-8H,5-6H2,(H3,17,19,21,23)(H3,18,20,22,24). The van der Waals surface area contributed by atoms with Crippen LogP contribution in [-0.2, 0) is 12.8 Å². The summed E-state index contributed by atoms with van der Waals surface area (Å²) < 4.78 is 0. The van der Waals surface area contributed by atoms with E-state index in [2.05, 4.69) is 19.9 Å². The first-order valence-electron chi connectivity index (χ1n) is 7.27. The lowest BCUT2D eigenvalue weighted by Gasteiger charge is -2.05. The van der Waals surface area contributed by atoms with Crippen molar-refractivity contribution in [3.05, 3.63) is 79.6 Å². The fourth-order valence-electron chi connectivity index (χ4n) is 2.43. The molecule has 8 heteroatoms. The SMILES string of the molecule is Nc1nc(Cc2ccc(Cc3cc(=O)[nH]c(N)n3)cc2)cc(=O)[nH]1. The molecule has 0 saturated carbocycles. The van der Waals surface area contributed by atoms with Crippen LogP contribution in [0.5, 0.6) is 0 Å². The Morgan fingerprint density at radius 3 is 1.46 bits per heavy atom. The molecule has 2 aromatic heterocycles. The van der Waals surface area contributed by atoms with Crippen LogP contribution >= 0.6 is 0 Å². The number of nitrogens with one attached hydrogen (secondary N) is 2. The third-order valence-electron chi connectivity index (χ3n) is 3.42. The Bertz CT molecular complexity index is 894. The monoisotopic (exact) mass is 324 g/mol. The summed E-state index contributed by atoms with van der Waals surface area (Å²) in [6.45, 7) is 0. The number of rotatable bonds is 4. The molecule has 0 spiro atoms. The van der Waals surface area contributed by atoms with Gasteiger partial charge in [0, 0.05) is 25.0 Å². The number of aromatic nitrogens is 4. The van der Waals surface area contributed by atoms with Crippen LogP contribution in [0.4, 0.5) is 11.9 Å². The molecule has 0 bridgehead atoms. The van der Waals surface area contributed by atoms with E-state index >= 15 is 0 Å². The van der Waals surface area contributed by atoms with Gasteiger partial charge in [-0.3, -0.25) is 19.6 Å². The molecule has 6 N–H and O–H groups in total. The van der Waals surface area contributed by atoms with Gasteiger partial charge < -0.3 is 11.5 Å². The number of hydrogen-bond donors (Lipinski definition) is 4. The summed E-state index contributed by atoms with van der Waals surface area (Å²) in [5.41, 5.74) is 13.7. The molecule has 0 aliphatic carbocycles. The molecule has 1 aromatic carbocycles. The molecule has 122 valence electrons. The predicted octanol–water partition coefficient (Wildman–Crippen LogP) is 0.199. The number of aromatic amines is 2. The third kappa shape index (κ3) is 3.86. The highest BCUT2D eigenvalue weighted by atomic mass is 16.1. The summed E-state index contributed by atoms with van der Waals surface area (Å²) in [6, 6.07) is 10.6. The van der Waals surface area contributed by atoms with Gasteiger partial charge in [0.05, 0.1) is 11.4 Å². The molecule has 2 heterocycles. The maximum absolute atomic E-state index is 11.4. The Morgan fingerprint density at radius 1 is 0.750 bits per heavy atom. The molecule has 3 aromatic rings. The topological polar surface area (TPSA) is 144 Å². The molecule has 0 aliphatic heterocycles. The quantitative estimate of drug-likeness (QED) is 0.539. The van der Waals surface area contributed by atoms with Gasteiger partial charge in [-0.1, -0.05) is 24.3 Å². The van der Waals surface area contributed by atoms with Crippen LogP contribution in [0.3, 0.4) is 0 Å². The number of benzene rings is 1. The van der Waals surface area contributed by atoms with E-state index in [9.17, 15) is 9.59 Å². The fourth-order valence-corrected chi connectivity index (χ4v) is 2.43. The zero-order valence-electron chi connectivity index (χ0n) is 12.7. The number of nitrogen functional groups attached to an aromatic ring is 2. The van der Waals surface area contributed by atoms with Crippen molar-refractivity contribution in [2.75, 3.05) is 11.5 Å². The van der Waals surface area contributed by atoms with E-state index in [1.165, 1.54) is 12.1 Å². The highest BCUT2D eigenvalue weighted by Gasteiger charge is 2.04. The van der Waals surface area contributed by atoms with Gasteiger partial charge in [0.15, 0.2) is 0 Å². The van der Waals surface area contributed by atoms with E-state index in [1.807, 2.05) is 24.3 Å². The van der Waals surface area contributed by atoms with Crippen LogP contribution in [-0.4, -0.2) is 19.9 Å². The van der Waals surface area contributed by atoms with Crippen molar-refractivity contribution in [1.29, 1.82) is 0 Å². The average Bonchev–Trinajstić information content (AvgIpc) is 2.47. The third-order valence-corrected chi connectivity index (χ3v) is 3.42. The molecule has 0 fully saturated rings. The molecule has 8 nitrogen and oxygen atoms in total. The number of nitrogens with two attached hydrogens (primary N) is 2. The summed E-state index contributed by atoms with van der Waals surface area (Å²) in [6.07, 6.45) is 1.01. The maximum Gasteiger partial charge on any atom is 0.252 e. The van der Waals surface area contributed by atoms with Gasteiger partial charge in [0.25, 0.3) is 11.1 Å². The Labute approximate surface area is 136 Å². The first kappa shape index (κ1) is 15.5. The summed E-state index contributed by atoms with van der Waals surface area (Å²) in [7, 11) is 0. The predicted molar refractivity (Wildman–Crippen MR) is 90.6 cm³/mol. The highest BCUT2D eigenvalue weighted by molar-refractivity contribution is 5.30. The second-order valence-corrected chi connectivity index (χ2v) is 5.41. The van der Waals surface area contributed by atoms with Crippen molar-refractivity contribution in [1.82, 2.24) is 19.9 Å². The zero-order valence-corrected chi connectivity index (χ0v) is 12.7. The van der Waals surface area contributed by atoms with Gasteiger partial charge in [0.1, 0.15) is 0 Å². The van der Waals surface area contributed by atoms with Crippen molar-refractivity contribution in [2.45, 2.75) is 12.8 Å². The molecular formula is C16H16N6O2. The van der Waals surface area contributed by atoms with Crippen molar-refractivity contribution in [3.63, 3.8) is 0 Å². The maximum atomic E-state index is 11.4. The first-order chi connectivity index (χ1) is 11.5. The molecule has 0 unspecified atom stereocenters. The van der Waals surface area contributed by atoms with Crippen LogP contribution < -0.4 is 22.6 Å². The minimum absolute atomic E-state index is 0.104. The van der Waals surface area contributed by atoms with Gasteiger partial charge >= 0.3 is 0 Å². The van der Waals surface area contributed by atoms with Gasteiger partial charge in [-0.15, -0.1) is 0 Å². The molecule has 0 radical (unpaired) electrons. The number of H-pyrrole nitrogens is 2. The lowest BCUT2D eigenvalue weighted by atomic mass is 10.0. The summed E-state index contributed by atoms with van der Waals surface area (Å²) >= 11 is 0. The molecule has 0 amide bonds. The lowest BCUT2D eigenvalue weighted by Crippen LogP contribution is -2.12. The Hall–Kier alpha value is -3.42. The Morgan fingerprint density at radius 2 is 1.12 bits per heavy atom. The van der Waals surface area contributed by atoms with Crippen molar-refractivity contribution in [3.8, 4) is 0 Å². The van der Waals surface area contributed by atoms with Crippen molar-refractivity contribution in [2.24, 2.45) is 0 Å². The Kier molecular flexibility index (Phi) is 4.11. The van der Waals surface area contributed by atoms with Crippen molar-refractivity contribution < 1.29 is 0 Å². The summed E-state index contributed by atoms with van der Waals surface area (Å²) in [5, 5.41) is 0. The second-order valence-electron chi connectivity index (χ2n) is 5.41. The van der Waals surface area contributed by atoms with Gasteiger partial charge in [0.2, 0.25) is 11.9 Å². The fraction of sp³-hybridized carbons (Fsp3) is 0.125. The van der Waals surface area contributed by atoms with Crippen molar-refractivity contribution >= 4 is 11.9 Å². The second kappa shape index (κ2) is 6.37. The van der Waals surface area contributed by atoms with E-state index < -0.39 is 0 Å². The first-order valence-corrected chi connectivity index (χ1v) is 7.27. The van der Waals surface area contributed by atoms with Crippen LogP contribution in [0.15, 0.2) is 46.0 Å². The van der Waals surface area contributed by atoms with Gasteiger partial charge in [-0.05, 0) is 11.1 Å². The van der Waals surface area contributed by atoms with Gasteiger partial charge in [-0.2, -0.15) is 0 Å². The van der Waals surface area contributed by atoms with Crippen LogP contribution in [0, 0.1) is 0 Å². The molecule has 0 aliphatic rings.